The molecular weight excluding hydrogens is 220 g/mol. The quantitative estimate of drug-likeness (QED) is 0.615. The smallest absolute Gasteiger partial charge is 0.160 e. The van der Waals surface area contributed by atoms with E-state index in [9.17, 15) is 5.11 Å². The second-order valence-electron chi connectivity index (χ2n) is 3.74. The number of benzene rings is 1. The molecule has 95 valence electrons. The highest BCUT2D eigenvalue weighted by Gasteiger charge is 2.05. The fraction of sp³-hybridized carbons (Fsp3) is 0.500. The van der Waals surface area contributed by atoms with Crippen molar-refractivity contribution in [1.82, 2.24) is 10.9 Å². The zero-order valence-electron chi connectivity index (χ0n) is 10.2. The zero-order chi connectivity index (χ0) is 12.7. The number of ether oxygens (including phenoxy) is 1. The molecule has 1 aromatic rings. The molecule has 0 spiro atoms. The number of aliphatic hydroxyl groups excluding tert-OH is 1. The van der Waals surface area contributed by atoms with Crippen LogP contribution in [0.25, 0.3) is 0 Å². The van der Waals surface area contributed by atoms with Gasteiger partial charge < -0.3 is 14.9 Å². The largest absolute Gasteiger partial charge is 0.504 e. The number of phenols is 1. The van der Waals surface area contributed by atoms with E-state index in [1.54, 1.807) is 12.1 Å². The third-order valence-corrected chi connectivity index (χ3v) is 2.49. The van der Waals surface area contributed by atoms with Crippen molar-refractivity contribution >= 4 is 0 Å². The fourth-order valence-corrected chi connectivity index (χ4v) is 1.36. The van der Waals surface area contributed by atoms with Crippen molar-refractivity contribution in [3.8, 4) is 11.5 Å². The molecule has 0 unspecified atom stereocenters. The van der Waals surface area contributed by atoms with Gasteiger partial charge in [0.15, 0.2) is 11.5 Å². The Hall–Kier alpha value is -1.30. The van der Waals surface area contributed by atoms with Crippen LogP contribution in [0.3, 0.4) is 0 Å². The Balaban J connectivity index is 2.44. The first-order valence-electron chi connectivity index (χ1n) is 5.60. The second kappa shape index (κ2) is 7.11. The summed E-state index contributed by atoms with van der Waals surface area (Å²) in [5.74, 6) is 0.554. The summed E-state index contributed by atoms with van der Waals surface area (Å²) < 4.78 is 4.95. The second-order valence-corrected chi connectivity index (χ2v) is 3.74. The van der Waals surface area contributed by atoms with Crippen LogP contribution in [0.1, 0.15) is 18.9 Å². The zero-order valence-corrected chi connectivity index (χ0v) is 10.2. The lowest BCUT2D eigenvalue weighted by atomic mass is 10.2. The Bertz CT molecular complexity index is 341. The Kier molecular flexibility index (Phi) is 5.76. The standard InChI is InChI=1S/C12H19N2O3/c1-3-10(8-15)14-13-7-9-4-5-12(17-2)11(16)6-9/h4-6,10,14-16H,3,7-8H2,1-2H3/t10-/m1/s1. The Morgan fingerprint density at radius 2 is 2.24 bits per heavy atom. The predicted octanol–water partition coefficient (Wildman–Crippen LogP) is 0.781. The molecule has 17 heavy (non-hydrogen) atoms. The van der Waals surface area contributed by atoms with Crippen LogP contribution >= 0.6 is 0 Å². The van der Waals surface area contributed by atoms with Gasteiger partial charge in [0.05, 0.1) is 20.3 Å². The molecule has 5 nitrogen and oxygen atoms in total. The van der Waals surface area contributed by atoms with Gasteiger partial charge in [-0.3, -0.25) is 0 Å². The van der Waals surface area contributed by atoms with E-state index in [0.29, 0.717) is 12.3 Å². The molecule has 0 aliphatic carbocycles. The molecule has 1 rings (SSSR count). The minimum Gasteiger partial charge on any atom is -0.504 e. The molecule has 1 aromatic carbocycles. The van der Waals surface area contributed by atoms with Crippen LogP contribution in [0.4, 0.5) is 0 Å². The van der Waals surface area contributed by atoms with E-state index in [4.69, 9.17) is 9.84 Å². The van der Waals surface area contributed by atoms with Crippen molar-refractivity contribution in [2.75, 3.05) is 13.7 Å². The number of hydrogen-bond acceptors (Lipinski definition) is 4. The molecule has 3 N–H and O–H groups in total. The number of methoxy groups -OCH3 is 1. The van der Waals surface area contributed by atoms with Crippen molar-refractivity contribution in [1.29, 1.82) is 0 Å². The molecule has 5 heteroatoms. The molecule has 1 radical (unpaired) electrons. The summed E-state index contributed by atoms with van der Waals surface area (Å²) >= 11 is 0. The number of nitrogens with one attached hydrogen (secondary N) is 1. The fourth-order valence-electron chi connectivity index (χ4n) is 1.36. The monoisotopic (exact) mass is 239 g/mol. The molecule has 0 amide bonds. The number of rotatable bonds is 7. The highest BCUT2D eigenvalue weighted by Crippen LogP contribution is 2.25. The summed E-state index contributed by atoms with van der Waals surface area (Å²) in [5.41, 5.74) is 7.87. The van der Waals surface area contributed by atoms with Gasteiger partial charge in [-0.1, -0.05) is 13.0 Å². The minimum atomic E-state index is -0.0122. The topological polar surface area (TPSA) is 75.8 Å². The molecule has 0 aliphatic heterocycles. The maximum atomic E-state index is 9.57. The SMILES string of the molecule is CC[C@H](CO)N[N]Cc1ccc(OC)c(O)c1. The Morgan fingerprint density at radius 3 is 2.76 bits per heavy atom. The van der Waals surface area contributed by atoms with Gasteiger partial charge >= 0.3 is 0 Å². The number of nitrogens with zero attached hydrogens (tertiary/aromatic N) is 1. The van der Waals surface area contributed by atoms with Crippen molar-refractivity contribution in [2.24, 2.45) is 0 Å². The van der Waals surface area contributed by atoms with Crippen LogP contribution in [0, 0.1) is 0 Å². The lowest BCUT2D eigenvalue weighted by Crippen LogP contribution is -2.37. The van der Waals surface area contributed by atoms with E-state index >= 15 is 0 Å². The van der Waals surface area contributed by atoms with Crippen LogP contribution in [-0.4, -0.2) is 30.0 Å². The molecule has 0 aromatic heterocycles. The first-order valence-corrected chi connectivity index (χ1v) is 5.60. The van der Waals surface area contributed by atoms with Crippen LogP contribution in [0.5, 0.6) is 11.5 Å². The van der Waals surface area contributed by atoms with E-state index in [1.807, 2.05) is 13.0 Å². The Labute approximate surface area is 101 Å². The maximum Gasteiger partial charge on any atom is 0.160 e. The van der Waals surface area contributed by atoms with Gasteiger partial charge in [-0.05, 0) is 24.1 Å². The lowest BCUT2D eigenvalue weighted by molar-refractivity contribution is 0.223. The van der Waals surface area contributed by atoms with Gasteiger partial charge in [0.25, 0.3) is 0 Å². The third-order valence-electron chi connectivity index (χ3n) is 2.49. The average molecular weight is 239 g/mol. The minimum absolute atomic E-state index is 0.0122. The van der Waals surface area contributed by atoms with E-state index < -0.39 is 0 Å². The molecular formula is C12H19N2O3. The number of phenolic OH excluding ortho intramolecular Hbond substituents is 1. The molecule has 0 fully saturated rings. The van der Waals surface area contributed by atoms with Gasteiger partial charge in [0, 0.05) is 6.04 Å². The van der Waals surface area contributed by atoms with Gasteiger partial charge in [-0.2, -0.15) is 5.43 Å². The van der Waals surface area contributed by atoms with Gasteiger partial charge in [0.2, 0.25) is 0 Å². The molecule has 0 saturated carbocycles. The summed E-state index contributed by atoms with van der Waals surface area (Å²) in [6.07, 6.45) is 0.813. The summed E-state index contributed by atoms with van der Waals surface area (Å²) in [5, 5.41) is 18.5. The highest BCUT2D eigenvalue weighted by molar-refractivity contribution is 5.41. The lowest BCUT2D eigenvalue weighted by Gasteiger charge is -2.13. The van der Waals surface area contributed by atoms with E-state index in [1.165, 1.54) is 7.11 Å². The van der Waals surface area contributed by atoms with Crippen molar-refractivity contribution in [3.05, 3.63) is 23.8 Å². The van der Waals surface area contributed by atoms with E-state index in [-0.39, 0.29) is 18.4 Å². The van der Waals surface area contributed by atoms with Crippen molar-refractivity contribution in [3.63, 3.8) is 0 Å². The van der Waals surface area contributed by atoms with E-state index in [2.05, 4.69) is 10.9 Å². The molecule has 1 atom stereocenters. The summed E-state index contributed by atoms with van der Waals surface area (Å²) in [6.45, 7) is 2.48. The van der Waals surface area contributed by atoms with Gasteiger partial charge in [-0.15, -0.1) is 0 Å². The normalized spacial score (nSPS) is 12.4. The van der Waals surface area contributed by atoms with Crippen molar-refractivity contribution in [2.45, 2.75) is 25.9 Å². The average Bonchev–Trinajstić information content (AvgIpc) is 2.35. The van der Waals surface area contributed by atoms with Crippen LogP contribution in [-0.2, 0) is 6.54 Å². The number of aromatic hydroxyl groups is 1. The van der Waals surface area contributed by atoms with Crippen LogP contribution in [0.2, 0.25) is 0 Å². The molecule has 0 saturated heterocycles. The number of hydrogen-bond donors (Lipinski definition) is 3. The molecule has 0 aliphatic rings. The first kappa shape index (κ1) is 13.8. The summed E-state index contributed by atoms with van der Waals surface area (Å²) in [4.78, 5) is 0. The van der Waals surface area contributed by atoms with E-state index in [0.717, 1.165) is 12.0 Å². The van der Waals surface area contributed by atoms with Gasteiger partial charge in [0.1, 0.15) is 0 Å². The van der Waals surface area contributed by atoms with Gasteiger partial charge in [-0.25, -0.2) is 5.43 Å². The number of aliphatic hydroxyl groups is 1. The Morgan fingerprint density at radius 1 is 1.47 bits per heavy atom. The third kappa shape index (κ3) is 4.22. The van der Waals surface area contributed by atoms with Crippen LogP contribution < -0.4 is 15.6 Å². The predicted molar refractivity (Wildman–Crippen MR) is 64.8 cm³/mol. The first-order chi connectivity index (χ1) is 8.21. The highest BCUT2D eigenvalue weighted by atomic mass is 16.5. The molecule has 0 heterocycles. The molecule has 0 bridgehead atoms. The van der Waals surface area contributed by atoms with Crippen molar-refractivity contribution < 1.29 is 14.9 Å². The van der Waals surface area contributed by atoms with Crippen LogP contribution in [0.15, 0.2) is 18.2 Å². The maximum absolute atomic E-state index is 9.57. The summed E-state index contributed by atoms with van der Waals surface area (Å²) in [7, 11) is 1.51. The summed E-state index contributed by atoms with van der Waals surface area (Å²) in [6, 6.07) is 5.14.